The second-order valence-corrected chi connectivity index (χ2v) is 3.41. The van der Waals surface area contributed by atoms with Crippen molar-refractivity contribution in [3.8, 4) is 0 Å². The first-order valence-electron chi connectivity index (χ1n) is 5.28. The molecule has 1 rings (SSSR count). The predicted molar refractivity (Wildman–Crippen MR) is 57.0 cm³/mol. The molecule has 0 amide bonds. The Morgan fingerprint density at radius 3 is 2.46 bits per heavy atom. The van der Waals surface area contributed by atoms with E-state index in [0.29, 0.717) is 0 Å². The quantitative estimate of drug-likeness (QED) is 0.688. The van der Waals surface area contributed by atoms with Crippen LogP contribution >= 0.6 is 0 Å². The van der Waals surface area contributed by atoms with E-state index < -0.39 is 0 Å². The van der Waals surface area contributed by atoms with E-state index in [0.717, 1.165) is 19.3 Å². The minimum Gasteiger partial charge on any atom is -0.261 e. The summed E-state index contributed by atoms with van der Waals surface area (Å²) in [6.07, 6.45) is 6.52. The molecule has 1 nitrogen and oxygen atoms in total. The van der Waals surface area contributed by atoms with Crippen molar-refractivity contribution >= 4 is 0 Å². The van der Waals surface area contributed by atoms with Gasteiger partial charge in [-0.25, -0.2) is 0 Å². The van der Waals surface area contributed by atoms with Crippen LogP contribution in [0.5, 0.6) is 0 Å². The zero-order valence-corrected chi connectivity index (χ0v) is 8.93. The van der Waals surface area contributed by atoms with Crippen molar-refractivity contribution in [1.82, 2.24) is 4.98 Å². The van der Waals surface area contributed by atoms with E-state index in [-0.39, 0.29) is 0 Å². The summed E-state index contributed by atoms with van der Waals surface area (Å²) in [5.41, 5.74) is 4.08. The van der Waals surface area contributed by atoms with Gasteiger partial charge in [0.2, 0.25) is 0 Å². The van der Waals surface area contributed by atoms with Crippen LogP contribution in [-0.4, -0.2) is 4.98 Å². The van der Waals surface area contributed by atoms with Gasteiger partial charge in [0.1, 0.15) is 0 Å². The second kappa shape index (κ2) is 5.00. The van der Waals surface area contributed by atoms with E-state index >= 15 is 0 Å². The Labute approximate surface area is 81.2 Å². The van der Waals surface area contributed by atoms with Gasteiger partial charge in [0.15, 0.2) is 0 Å². The minimum atomic E-state index is 1.09. The first kappa shape index (κ1) is 10.2. The van der Waals surface area contributed by atoms with Gasteiger partial charge in [0, 0.05) is 11.9 Å². The highest BCUT2D eigenvalue weighted by molar-refractivity contribution is 5.25. The maximum Gasteiger partial charge on any atom is 0.0435 e. The monoisotopic (exact) mass is 177 g/mol. The zero-order valence-electron chi connectivity index (χ0n) is 8.93. The van der Waals surface area contributed by atoms with E-state index in [1.165, 1.54) is 23.2 Å². The summed E-state index contributed by atoms with van der Waals surface area (Å²) in [5.74, 6) is 0. The van der Waals surface area contributed by atoms with Gasteiger partial charge in [-0.3, -0.25) is 4.98 Å². The van der Waals surface area contributed by atoms with Gasteiger partial charge in [0.05, 0.1) is 0 Å². The minimum absolute atomic E-state index is 1.09. The maximum absolute atomic E-state index is 4.51. The lowest BCUT2D eigenvalue weighted by atomic mass is 10.0. The molecule has 1 aromatic rings. The summed E-state index contributed by atoms with van der Waals surface area (Å²) in [6.45, 7) is 6.58. The van der Waals surface area contributed by atoms with Crippen LogP contribution in [0.15, 0.2) is 12.3 Å². The molecule has 0 bridgehead atoms. The van der Waals surface area contributed by atoms with Crippen molar-refractivity contribution < 1.29 is 0 Å². The average Bonchev–Trinajstić information content (AvgIpc) is 2.19. The molecule has 0 saturated carbocycles. The summed E-state index contributed by atoms with van der Waals surface area (Å²) < 4.78 is 0. The fraction of sp³-hybridized carbons (Fsp3) is 0.583. The van der Waals surface area contributed by atoms with Crippen molar-refractivity contribution in [1.29, 1.82) is 0 Å². The number of aryl methyl sites for hydroxylation is 3. The Bertz CT molecular complexity index is 266. The molecule has 0 spiro atoms. The Balaban J connectivity index is 2.93. The molecule has 0 saturated heterocycles. The van der Waals surface area contributed by atoms with E-state index in [1.54, 1.807) is 0 Å². The van der Waals surface area contributed by atoms with Gasteiger partial charge in [-0.1, -0.05) is 33.3 Å². The fourth-order valence-corrected chi connectivity index (χ4v) is 1.55. The van der Waals surface area contributed by atoms with Crippen LogP contribution in [-0.2, 0) is 19.3 Å². The Morgan fingerprint density at radius 2 is 1.92 bits per heavy atom. The van der Waals surface area contributed by atoms with Crippen molar-refractivity contribution in [2.75, 3.05) is 0 Å². The molecule has 0 aromatic carbocycles. The molecule has 0 radical (unpaired) electrons. The molecule has 0 aliphatic heterocycles. The third-order valence-electron chi connectivity index (χ3n) is 2.39. The normalized spacial score (nSPS) is 10.4. The fourth-order valence-electron chi connectivity index (χ4n) is 1.55. The third-order valence-corrected chi connectivity index (χ3v) is 2.39. The van der Waals surface area contributed by atoms with Crippen molar-refractivity contribution in [3.63, 3.8) is 0 Å². The van der Waals surface area contributed by atoms with E-state index in [2.05, 4.69) is 31.8 Å². The lowest BCUT2D eigenvalue weighted by Crippen LogP contribution is -1.98. The number of rotatable bonds is 4. The second-order valence-electron chi connectivity index (χ2n) is 3.41. The molecule has 0 N–H and O–H groups in total. The Hall–Kier alpha value is -0.850. The molecular formula is C12H19N. The standard InChI is InChI=1S/C12H19N/c1-4-7-12-11(6-3)8-10(5-2)9-13-12/h8-9H,4-7H2,1-3H3. The topological polar surface area (TPSA) is 12.9 Å². The highest BCUT2D eigenvalue weighted by Gasteiger charge is 2.01. The lowest BCUT2D eigenvalue weighted by Gasteiger charge is -2.07. The van der Waals surface area contributed by atoms with Crippen LogP contribution < -0.4 is 0 Å². The molecule has 1 heteroatoms. The summed E-state index contributed by atoms with van der Waals surface area (Å²) in [5, 5.41) is 0. The average molecular weight is 177 g/mol. The SMILES string of the molecule is CCCc1ncc(CC)cc1CC. The first-order valence-corrected chi connectivity index (χ1v) is 5.28. The van der Waals surface area contributed by atoms with Crippen LogP contribution in [0, 0.1) is 0 Å². The van der Waals surface area contributed by atoms with Gasteiger partial charge in [-0.15, -0.1) is 0 Å². The van der Waals surface area contributed by atoms with Crippen molar-refractivity contribution in [2.24, 2.45) is 0 Å². The molecule has 1 aromatic heterocycles. The Kier molecular flexibility index (Phi) is 3.94. The molecule has 0 unspecified atom stereocenters. The van der Waals surface area contributed by atoms with Crippen LogP contribution in [0.25, 0.3) is 0 Å². The van der Waals surface area contributed by atoms with E-state index in [4.69, 9.17) is 0 Å². The summed E-state index contributed by atoms with van der Waals surface area (Å²) in [4.78, 5) is 4.51. The number of hydrogen-bond donors (Lipinski definition) is 0. The highest BCUT2D eigenvalue weighted by Crippen LogP contribution is 2.12. The smallest absolute Gasteiger partial charge is 0.0435 e. The number of pyridine rings is 1. The summed E-state index contributed by atoms with van der Waals surface area (Å²) in [6, 6.07) is 2.30. The van der Waals surface area contributed by atoms with Crippen LogP contribution in [0.2, 0.25) is 0 Å². The summed E-state index contributed by atoms with van der Waals surface area (Å²) in [7, 11) is 0. The van der Waals surface area contributed by atoms with Crippen molar-refractivity contribution in [3.05, 3.63) is 29.1 Å². The highest BCUT2D eigenvalue weighted by atomic mass is 14.7. The van der Waals surface area contributed by atoms with E-state index in [1.807, 2.05) is 6.20 Å². The van der Waals surface area contributed by atoms with Gasteiger partial charge in [0.25, 0.3) is 0 Å². The largest absolute Gasteiger partial charge is 0.261 e. The van der Waals surface area contributed by atoms with Gasteiger partial charge in [-0.2, -0.15) is 0 Å². The number of hydrogen-bond acceptors (Lipinski definition) is 1. The summed E-state index contributed by atoms with van der Waals surface area (Å²) >= 11 is 0. The van der Waals surface area contributed by atoms with Gasteiger partial charge < -0.3 is 0 Å². The van der Waals surface area contributed by atoms with Crippen molar-refractivity contribution in [2.45, 2.75) is 46.5 Å². The maximum atomic E-state index is 4.51. The molecule has 0 aliphatic rings. The number of nitrogens with zero attached hydrogens (tertiary/aromatic N) is 1. The molecule has 0 atom stereocenters. The van der Waals surface area contributed by atoms with Crippen LogP contribution in [0.1, 0.15) is 44.0 Å². The van der Waals surface area contributed by atoms with Gasteiger partial charge in [-0.05, 0) is 30.4 Å². The Morgan fingerprint density at radius 1 is 1.15 bits per heavy atom. The molecule has 1 heterocycles. The number of aromatic nitrogens is 1. The first-order chi connectivity index (χ1) is 6.31. The van der Waals surface area contributed by atoms with Crippen LogP contribution in [0.4, 0.5) is 0 Å². The molecular weight excluding hydrogens is 158 g/mol. The van der Waals surface area contributed by atoms with E-state index in [9.17, 15) is 0 Å². The molecule has 13 heavy (non-hydrogen) atoms. The molecule has 72 valence electrons. The third kappa shape index (κ3) is 2.55. The van der Waals surface area contributed by atoms with Crippen LogP contribution in [0.3, 0.4) is 0 Å². The lowest BCUT2D eigenvalue weighted by molar-refractivity contribution is 0.850. The molecule has 0 fully saturated rings. The zero-order chi connectivity index (χ0) is 9.68. The van der Waals surface area contributed by atoms with Gasteiger partial charge >= 0.3 is 0 Å². The predicted octanol–water partition coefficient (Wildman–Crippen LogP) is 3.16. The molecule has 0 aliphatic carbocycles.